The SMILES string of the molecule is CC/C=C(\C(=O)O)c1csc(NC(=O)OC(C)(C)C)n1. The second-order valence-corrected chi connectivity index (χ2v) is 5.85. The van der Waals surface area contributed by atoms with Crippen molar-refractivity contribution in [1.29, 1.82) is 0 Å². The van der Waals surface area contributed by atoms with Crippen LogP contribution >= 0.6 is 11.3 Å². The molecule has 0 bridgehead atoms. The Kier molecular flexibility index (Phi) is 5.26. The van der Waals surface area contributed by atoms with Crippen molar-refractivity contribution < 1.29 is 19.4 Å². The van der Waals surface area contributed by atoms with E-state index in [-0.39, 0.29) is 5.57 Å². The average molecular weight is 298 g/mol. The van der Waals surface area contributed by atoms with E-state index in [4.69, 9.17) is 9.84 Å². The van der Waals surface area contributed by atoms with E-state index in [0.29, 0.717) is 17.2 Å². The second-order valence-electron chi connectivity index (χ2n) is 5.00. The Morgan fingerprint density at radius 1 is 1.50 bits per heavy atom. The highest BCUT2D eigenvalue weighted by Crippen LogP contribution is 2.23. The van der Waals surface area contributed by atoms with Gasteiger partial charge in [0.1, 0.15) is 5.60 Å². The first-order chi connectivity index (χ1) is 9.23. The Morgan fingerprint density at radius 3 is 2.65 bits per heavy atom. The van der Waals surface area contributed by atoms with Crippen molar-refractivity contribution in [2.75, 3.05) is 5.32 Å². The maximum Gasteiger partial charge on any atom is 0.413 e. The third-order valence-corrected chi connectivity index (χ3v) is 2.78. The zero-order valence-electron chi connectivity index (χ0n) is 11.9. The van der Waals surface area contributed by atoms with E-state index in [1.807, 2.05) is 6.92 Å². The van der Waals surface area contributed by atoms with Crippen LogP contribution in [0.4, 0.5) is 9.93 Å². The molecule has 0 saturated carbocycles. The topological polar surface area (TPSA) is 88.5 Å². The number of amides is 1. The van der Waals surface area contributed by atoms with Crippen LogP contribution in [-0.4, -0.2) is 27.8 Å². The molecule has 7 heteroatoms. The van der Waals surface area contributed by atoms with E-state index >= 15 is 0 Å². The summed E-state index contributed by atoms with van der Waals surface area (Å²) >= 11 is 1.15. The summed E-state index contributed by atoms with van der Waals surface area (Å²) in [4.78, 5) is 26.7. The maximum atomic E-state index is 11.6. The van der Waals surface area contributed by atoms with Crippen LogP contribution in [0.1, 0.15) is 39.8 Å². The molecule has 2 N–H and O–H groups in total. The summed E-state index contributed by atoms with van der Waals surface area (Å²) in [5.74, 6) is -1.04. The molecule has 1 aromatic rings. The van der Waals surface area contributed by atoms with Crippen LogP contribution in [0, 0.1) is 0 Å². The number of aliphatic carboxylic acids is 1. The Morgan fingerprint density at radius 2 is 2.15 bits per heavy atom. The molecule has 1 aromatic heterocycles. The highest BCUT2D eigenvalue weighted by molar-refractivity contribution is 7.14. The number of carbonyl (C=O) groups excluding carboxylic acids is 1. The summed E-state index contributed by atoms with van der Waals surface area (Å²) < 4.78 is 5.09. The number of nitrogens with one attached hydrogen (secondary N) is 1. The monoisotopic (exact) mass is 298 g/mol. The van der Waals surface area contributed by atoms with Crippen molar-refractivity contribution in [3.8, 4) is 0 Å². The van der Waals surface area contributed by atoms with Gasteiger partial charge in [-0.05, 0) is 27.2 Å². The van der Waals surface area contributed by atoms with Gasteiger partial charge in [0.2, 0.25) is 0 Å². The zero-order valence-corrected chi connectivity index (χ0v) is 12.7. The van der Waals surface area contributed by atoms with Gasteiger partial charge in [-0.2, -0.15) is 0 Å². The first-order valence-electron chi connectivity index (χ1n) is 6.12. The number of carboxylic acid groups (broad SMARTS) is 1. The number of hydrogen-bond donors (Lipinski definition) is 2. The summed E-state index contributed by atoms with van der Waals surface area (Å²) in [5.41, 5.74) is -0.144. The molecule has 20 heavy (non-hydrogen) atoms. The molecule has 1 amide bonds. The molecular weight excluding hydrogens is 280 g/mol. The fraction of sp³-hybridized carbons (Fsp3) is 0.462. The van der Waals surface area contributed by atoms with Gasteiger partial charge in [-0.1, -0.05) is 13.0 Å². The number of hydrogen-bond acceptors (Lipinski definition) is 5. The third kappa shape index (κ3) is 5.00. The molecule has 0 saturated heterocycles. The summed E-state index contributed by atoms with van der Waals surface area (Å²) in [7, 11) is 0. The third-order valence-electron chi connectivity index (χ3n) is 2.03. The lowest BCUT2D eigenvalue weighted by Crippen LogP contribution is -2.27. The van der Waals surface area contributed by atoms with Crippen molar-refractivity contribution in [2.24, 2.45) is 0 Å². The van der Waals surface area contributed by atoms with Crippen LogP contribution in [0.2, 0.25) is 0 Å². The predicted octanol–water partition coefficient (Wildman–Crippen LogP) is 3.37. The fourth-order valence-corrected chi connectivity index (χ4v) is 2.05. The lowest BCUT2D eigenvalue weighted by atomic mass is 10.2. The van der Waals surface area contributed by atoms with E-state index in [1.54, 1.807) is 32.2 Å². The van der Waals surface area contributed by atoms with Crippen LogP contribution < -0.4 is 5.32 Å². The van der Waals surface area contributed by atoms with Crippen LogP contribution in [-0.2, 0) is 9.53 Å². The minimum atomic E-state index is -1.04. The minimum Gasteiger partial charge on any atom is -0.478 e. The molecule has 0 atom stereocenters. The molecule has 110 valence electrons. The van der Waals surface area contributed by atoms with Gasteiger partial charge in [-0.15, -0.1) is 11.3 Å². The van der Waals surface area contributed by atoms with Crippen LogP contribution in [0.3, 0.4) is 0 Å². The van der Waals surface area contributed by atoms with Crippen molar-refractivity contribution in [1.82, 2.24) is 4.98 Å². The molecule has 0 aliphatic heterocycles. The maximum absolute atomic E-state index is 11.6. The molecule has 1 rings (SSSR count). The van der Waals surface area contributed by atoms with Gasteiger partial charge in [-0.25, -0.2) is 14.6 Å². The van der Waals surface area contributed by atoms with E-state index < -0.39 is 17.7 Å². The lowest BCUT2D eigenvalue weighted by molar-refractivity contribution is -0.130. The van der Waals surface area contributed by atoms with Gasteiger partial charge in [0.25, 0.3) is 0 Å². The summed E-state index contributed by atoms with van der Waals surface area (Å²) in [6.07, 6.45) is 1.55. The number of thiazole rings is 1. The minimum absolute atomic E-state index is 0.126. The summed E-state index contributed by atoms with van der Waals surface area (Å²) in [5, 5.41) is 13.5. The largest absolute Gasteiger partial charge is 0.478 e. The molecular formula is C13H18N2O4S. The van der Waals surface area contributed by atoms with Crippen LogP contribution in [0.25, 0.3) is 5.57 Å². The first kappa shape index (κ1) is 16.2. The Bertz CT molecular complexity index is 529. The van der Waals surface area contributed by atoms with Crippen LogP contribution in [0.15, 0.2) is 11.5 Å². The van der Waals surface area contributed by atoms with Crippen molar-refractivity contribution in [3.05, 3.63) is 17.2 Å². The molecule has 0 aliphatic carbocycles. The average Bonchev–Trinajstić information content (AvgIpc) is 2.70. The predicted molar refractivity (Wildman–Crippen MR) is 77.9 cm³/mol. The van der Waals surface area contributed by atoms with Gasteiger partial charge in [-0.3, -0.25) is 5.32 Å². The number of anilines is 1. The molecule has 0 radical (unpaired) electrons. The van der Waals surface area contributed by atoms with Crippen LogP contribution in [0.5, 0.6) is 0 Å². The summed E-state index contributed by atoms with van der Waals surface area (Å²) in [6.45, 7) is 7.11. The van der Waals surface area contributed by atoms with E-state index in [9.17, 15) is 9.59 Å². The highest BCUT2D eigenvalue weighted by atomic mass is 32.1. The fourth-order valence-electron chi connectivity index (χ4n) is 1.35. The van der Waals surface area contributed by atoms with Gasteiger partial charge in [0.05, 0.1) is 11.3 Å². The second kappa shape index (κ2) is 6.51. The number of allylic oxidation sites excluding steroid dienone is 1. The Hall–Kier alpha value is -1.89. The van der Waals surface area contributed by atoms with E-state index in [0.717, 1.165) is 11.3 Å². The smallest absolute Gasteiger partial charge is 0.413 e. The van der Waals surface area contributed by atoms with Crippen molar-refractivity contribution in [3.63, 3.8) is 0 Å². The number of carbonyl (C=O) groups is 2. The van der Waals surface area contributed by atoms with E-state index in [2.05, 4.69) is 10.3 Å². The zero-order chi connectivity index (χ0) is 15.3. The molecule has 6 nitrogen and oxygen atoms in total. The normalized spacial score (nSPS) is 12.1. The highest BCUT2D eigenvalue weighted by Gasteiger charge is 2.18. The van der Waals surface area contributed by atoms with Gasteiger partial charge in [0, 0.05) is 5.38 Å². The van der Waals surface area contributed by atoms with Gasteiger partial charge in [0.15, 0.2) is 5.13 Å². The molecule has 0 aromatic carbocycles. The van der Waals surface area contributed by atoms with Crippen molar-refractivity contribution in [2.45, 2.75) is 39.7 Å². The van der Waals surface area contributed by atoms with Gasteiger partial charge < -0.3 is 9.84 Å². The number of carboxylic acids is 1. The van der Waals surface area contributed by atoms with E-state index in [1.165, 1.54) is 0 Å². The Balaban J connectivity index is 2.80. The lowest BCUT2D eigenvalue weighted by Gasteiger charge is -2.18. The molecule has 0 aliphatic rings. The molecule has 0 unspecified atom stereocenters. The number of rotatable bonds is 4. The number of ether oxygens (including phenoxy) is 1. The summed E-state index contributed by atoms with van der Waals surface area (Å²) in [6, 6.07) is 0. The number of nitrogens with zero attached hydrogens (tertiary/aromatic N) is 1. The molecule has 0 spiro atoms. The molecule has 0 fully saturated rings. The number of aromatic nitrogens is 1. The first-order valence-corrected chi connectivity index (χ1v) is 7.00. The van der Waals surface area contributed by atoms with Crippen molar-refractivity contribution >= 4 is 34.1 Å². The quantitative estimate of drug-likeness (QED) is 0.832. The standard InChI is InChI=1S/C13H18N2O4S/c1-5-6-8(10(16)17)9-7-20-11(14-9)15-12(18)19-13(2,3)4/h6-7H,5H2,1-4H3,(H,16,17)(H,14,15,18)/b8-6-. The van der Waals surface area contributed by atoms with Gasteiger partial charge >= 0.3 is 12.1 Å². The Labute approximate surface area is 121 Å². The molecule has 1 heterocycles.